The average Bonchev–Trinajstić information content (AvgIpc) is 0.767. The zero-order valence-corrected chi connectivity index (χ0v) is 69.8. The number of anilines is 6. The van der Waals surface area contributed by atoms with Gasteiger partial charge in [0, 0.05) is 56.0 Å². The van der Waals surface area contributed by atoms with E-state index in [1.807, 2.05) is 172 Å². The molecule has 0 unspecified atom stereocenters. The van der Waals surface area contributed by atoms with E-state index in [1.165, 1.54) is 0 Å². The van der Waals surface area contributed by atoms with Gasteiger partial charge >= 0.3 is 6.09 Å². The number of unbranched alkanes of at least 4 members (excludes halogenated alkanes) is 6. The van der Waals surface area contributed by atoms with Gasteiger partial charge in [0.1, 0.15) is 69.5 Å². The summed E-state index contributed by atoms with van der Waals surface area (Å²) in [6.07, 6.45) is 11.2. The van der Waals surface area contributed by atoms with E-state index in [2.05, 4.69) is 52.6 Å². The van der Waals surface area contributed by atoms with Crippen LogP contribution in [0, 0.1) is 36.5 Å². The molecule has 0 saturated heterocycles. The lowest BCUT2D eigenvalue weighted by Gasteiger charge is -2.25. The molecule has 618 valence electrons. The Labute approximate surface area is 692 Å². The Morgan fingerprint density at radius 2 is 0.822 bits per heavy atom. The molecule has 5 aromatic heterocycles. The van der Waals surface area contributed by atoms with E-state index in [4.69, 9.17) is 53.8 Å². The van der Waals surface area contributed by atoms with Crippen molar-refractivity contribution in [1.29, 1.82) is 10.5 Å². The number of nitrogens with one attached hydrogen (secondary N) is 5. The van der Waals surface area contributed by atoms with Crippen LogP contribution in [0.25, 0.3) is 49.8 Å². The number of hydrogen-bond acceptors (Lipinski definition) is 24. The van der Waals surface area contributed by atoms with Crippen LogP contribution in [0.4, 0.5) is 39.6 Å². The molecule has 0 aliphatic rings. The molecular weight excluding hydrogens is 1510 g/mol. The molecule has 3 atom stereocenters. The van der Waals surface area contributed by atoms with Gasteiger partial charge in [0.05, 0.1) is 79.3 Å². The number of rotatable bonds is 33. The van der Waals surface area contributed by atoms with Crippen LogP contribution in [0.3, 0.4) is 0 Å². The van der Waals surface area contributed by atoms with Crippen molar-refractivity contribution in [2.24, 2.45) is 5.73 Å². The minimum Gasteiger partial charge on any atom is -0.444 e. The molecule has 11 rings (SSSR count). The Hall–Kier alpha value is -12.8. The van der Waals surface area contributed by atoms with Crippen molar-refractivity contribution >= 4 is 103 Å². The minimum absolute atomic E-state index is 0.0535. The van der Waals surface area contributed by atoms with Crippen molar-refractivity contribution in [3.8, 4) is 29.2 Å². The lowest BCUT2D eigenvalue weighted by atomic mass is 10.1. The zero-order chi connectivity index (χ0) is 85.6. The number of halogens is 1. The van der Waals surface area contributed by atoms with Crippen LogP contribution in [0.15, 0.2) is 160 Å². The van der Waals surface area contributed by atoms with Crippen LogP contribution in [0.1, 0.15) is 217 Å². The molecule has 0 aliphatic carbocycles. The number of fused-ring (bicyclic) bond motifs is 3. The number of aryl methyl sites for hydroxylation is 2. The normalized spacial score (nSPS) is 11.7. The number of carbonyl (C=O) groups excluding carboxylic acids is 4. The van der Waals surface area contributed by atoms with Gasteiger partial charge in [-0.05, 0) is 186 Å². The lowest BCUT2D eigenvalue weighted by Crippen LogP contribution is -2.37. The van der Waals surface area contributed by atoms with Crippen LogP contribution < -0.4 is 60.5 Å². The number of nitrogen functional groups attached to an aromatic ring is 2. The van der Waals surface area contributed by atoms with Crippen molar-refractivity contribution in [1.82, 2.24) is 53.9 Å². The minimum atomic E-state index is -0.648. The third kappa shape index (κ3) is 25.1. The molecule has 0 spiro atoms. The van der Waals surface area contributed by atoms with Crippen LogP contribution in [-0.4, -0.2) is 97.3 Å². The molecule has 11 aromatic rings. The largest absolute Gasteiger partial charge is 0.444 e. The fourth-order valence-corrected chi connectivity index (χ4v) is 13.4. The monoisotopic (exact) mass is 1620 g/mol. The quantitative estimate of drug-likeness (QED) is 0.0140. The molecule has 0 radical (unpaired) electrons. The fraction of sp³-hybridized carbons (Fsp3) is 0.371. The lowest BCUT2D eigenvalue weighted by molar-refractivity contribution is -0.117. The molecule has 29 heteroatoms. The smallest absolute Gasteiger partial charge is 0.408 e. The van der Waals surface area contributed by atoms with E-state index < -0.39 is 23.8 Å². The first-order chi connectivity index (χ1) is 56.6. The highest BCUT2D eigenvalue weighted by Gasteiger charge is 2.28. The van der Waals surface area contributed by atoms with Crippen LogP contribution in [-0.2, 0) is 19.1 Å². The number of ketones is 3. The second-order valence-corrected chi connectivity index (χ2v) is 29.8. The second kappa shape index (κ2) is 44.3. The molecule has 0 saturated carbocycles. The van der Waals surface area contributed by atoms with Crippen LogP contribution in [0.5, 0.6) is 0 Å². The maximum Gasteiger partial charge on any atom is 0.408 e. The predicted octanol–water partition coefficient (Wildman–Crippen LogP) is 16.2. The number of aromatic nitrogens is 10. The SMILES string of the molecule is CC[C@H](N)c1nc2cccc(NCCCCCC(C)=O)c2c(=O)n1-c1ccccc1.CC[C@H](NC(=O)OC(C)(C)C)c1nc2cccc(NCCCCCC(C)=O)c2c(=O)n1-c1ccccc1.CC[C@H](Nc1nc(N)nc(C)c1C#N)c1nc2cccc(NCCCCCC(C)=O)c2c(=O)n1-c1ccccc1.Cc1nc(N)nc(Cl)c1C#N. The van der Waals surface area contributed by atoms with Gasteiger partial charge in [-0.3, -0.25) is 28.1 Å². The van der Waals surface area contributed by atoms with Gasteiger partial charge in [0.25, 0.3) is 16.7 Å². The van der Waals surface area contributed by atoms with Gasteiger partial charge in [-0.15, -0.1) is 0 Å². The zero-order valence-electron chi connectivity index (χ0n) is 69.1. The predicted molar refractivity (Wildman–Crippen MR) is 468 cm³/mol. The van der Waals surface area contributed by atoms with E-state index in [9.17, 15) is 38.8 Å². The summed E-state index contributed by atoms with van der Waals surface area (Å²) in [6.45, 7) is 21.6. The Balaban J connectivity index is 0.000000208. The Bertz CT molecular complexity index is 5550. The molecule has 1 amide bonds. The summed E-state index contributed by atoms with van der Waals surface area (Å²) in [5, 5.41) is 36.3. The first-order valence-electron chi connectivity index (χ1n) is 39.9. The first kappa shape index (κ1) is 90.7. The topological polar surface area (TPSA) is 420 Å². The van der Waals surface area contributed by atoms with Crippen LogP contribution in [0.2, 0.25) is 5.15 Å². The maximum atomic E-state index is 14.2. The molecule has 6 aromatic carbocycles. The number of hydrogen-bond donors (Lipinski definition) is 8. The summed E-state index contributed by atoms with van der Waals surface area (Å²) in [7, 11) is 0. The molecule has 0 aliphatic heterocycles. The summed E-state index contributed by atoms with van der Waals surface area (Å²) in [6, 6.07) is 47.7. The number of nitrogens with two attached hydrogens (primary N) is 3. The summed E-state index contributed by atoms with van der Waals surface area (Å²) in [4.78, 5) is 118. The highest BCUT2D eigenvalue weighted by molar-refractivity contribution is 6.30. The van der Waals surface area contributed by atoms with E-state index >= 15 is 0 Å². The van der Waals surface area contributed by atoms with Gasteiger partial charge in [-0.25, -0.2) is 29.7 Å². The Kier molecular flexibility index (Phi) is 34.1. The second-order valence-electron chi connectivity index (χ2n) is 29.4. The van der Waals surface area contributed by atoms with Crippen molar-refractivity contribution in [3.63, 3.8) is 0 Å². The van der Waals surface area contributed by atoms with Gasteiger partial charge in [0.15, 0.2) is 5.15 Å². The number of ether oxygens (including phenoxy) is 1. The third-order valence-electron chi connectivity index (χ3n) is 19.0. The van der Waals surface area contributed by atoms with Crippen LogP contribution >= 0.6 is 11.6 Å². The van der Waals surface area contributed by atoms with E-state index in [0.29, 0.717) is 142 Å². The first-order valence-corrected chi connectivity index (χ1v) is 40.3. The molecule has 0 bridgehead atoms. The van der Waals surface area contributed by atoms with E-state index in [0.717, 1.165) is 75.7 Å². The van der Waals surface area contributed by atoms with Gasteiger partial charge < -0.3 is 62.9 Å². The third-order valence-corrected chi connectivity index (χ3v) is 19.3. The summed E-state index contributed by atoms with van der Waals surface area (Å²) in [5.74, 6) is 2.58. The number of Topliss-reactive ketones (excluding diaryl/α,β-unsaturated/α-hetero) is 3. The molecule has 118 heavy (non-hydrogen) atoms. The molecule has 11 N–H and O–H groups in total. The highest BCUT2D eigenvalue weighted by Crippen LogP contribution is 2.31. The van der Waals surface area contributed by atoms with Gasteiger partial charge in [-0.1, -0.05) is 124 Å². The number of alkyl carbamates (subject to hydrolysis) is 1. The molecule has 5 heterocycles. The fourth-order valence-electron chi connectivity index (χ4n) is 13.1. The van der Waals surface area contributed by atoms with Crippen molar-refractivity contribution in [2.45, 2.75) is 196 Å². The summed E-state index contributed by atoms with van der Waals surface area (Å²) in [5.41, 5.74) is 23.9. The number of carbonyl (C=O) groups is 4. The maximum absolute atomic E-state index is 14.2. The number of amides is 1. The highest BCUT2D eigenvalue weighted by atomic mass is 35.5. The Morgan fingerprint density at radius 1 is 0.466 bits per heavy atom. The van der Waals surface area contributed by atoms with Crippen molar-refractivity contribution in [2.75, 3.05) is 52.4 Å². The standard InChI is InChI=1S/C30H34N8O2.C29H38N4O4.C24H30N4O2.C6H5ClN4/c1-4-23(35-27-22(18-31)20(3)34-30(32)37-27)28-36-25-16-11-15-24(33-17-10-6-7-12-19(2)39)26(25)29(40)38(28)21-13-8-5-9-14-21;1-6-22(32-28(36)37-29(3,4)5)26-31-24-18-13-17-23(30-19-12-8-9-14-20(2)34)25(24)27(35)33(26)21-15-10-7-11-16-21;1-3-19(25)23-27-21-15-10-14-20(26-16-9-5-6-11-17(2)29)22(21)24(30)28(23)18-12-7-4-8-13-18;1-3-4(2-8)5(7)11-6(9)10-3/h5,8-9,11,13-16,23,33H,4,6-7,10,12,17H2,1-3H3,(H3,32,34,35,37);7,10-11,13,15-18,22,30H,6,8-9,12,14,19H2,1-5H3,(H,32,36);4,7-8,10,12-15,19,26H,3,5-6,9,11,16,25H2,1-2H3;1H3,(H2,9,10,11)/t23-;22-;19-;/m000./s1. The van der Waals surface area contributed by atoms with E-state index in [1.54, 1.807) is 69.1 Å². The van der Waals surface area contributed by atoms with Crippen molar-refractivity contribution < 1.29 is 23.9 Å². The number of nitrogens with zero attached hydrogens (tertiary/aromatic N) is 12. The Morgan fingerprint density at radius 3 is 1.17 bits per heavy atom. The number of para-hydroxylation sites is 3. The van der Waals surface area contributed by atoms with Gasteiger partial charge in [-0.2, -0.15) is 20.5 Å². The average molecular weight is 1620 g/mol. The van der Waals surface area contributed by atoms with E-state index in [-0.39, 0.29) is 68.2 Å². The number of nitriles is 2. The molecular formula is C89H107ClN20O8. The summed E-state index contributed by atoms with van der Waals surface area (Å²) < 4.78 is 10.3. The number of benzene rings is 6. The molecule has 28 nitrogen and oxygen atoms in total. The van der Waals surface area contributed by atoms with Crippen molar-refractivity contribution in [3.05, 3.63) is 222 Å². The summed E-state index contributed by atoms with van der Waals surface area (Å²) >= 11 is 5.58. The van der Waals surface area contributed by atoms with Gasteiger partial charge in [0.2, 0.25) is 11.9 Å². The molecule has 0 fully saturated rings.